The van der Waals surface area contributed by atoms with Crippen LogP contribution in [0.3, 0.4) is 0 Å². The molecule has 1 fully saturated rings. The summed E-state index contributed by atoms with van der Waals surface area (Å²) in [6.45, 7) is 0. The summed E-state index contributed by atoms with van der Waals surface area (Å²) >= 11 is 5.80. The number of aliphatic hydroxyl groups excluding tert-OH is 1. The van der Waals surface area contributed by atoms with Crippen molar-refractivity contribution in [2.75, 3.05) is 0 Å². The van der Waals surface area contributed by atoms with Crippen LogP contribution in [0.1, 0.15) is 31.7 Å². The minimum absolute atomic E-state index is 0.210. The lowest BCUT2D eigenvalue weighted by molar-refractivity contribution is 0.101. The molecule has 2 atom stereocenters. The van der Waals surface area contributed by atoms with Gasteiger partial charge in [-0.2, -0.15) is 10.1 Å². The Kier molecular flexibility index (Phi) is 2.72. The number of halogens is 1. The molecule has 6 heteroatoms. The predicted molar refractivity (Wildman–Crippen MR) is 63.8 cm³/mol. The second-order valence-electron chi connectivity index (χ2n) is 4.48. The molecule has 0 spiro atoms. The standard InChI is InChI=1S/C11H13ClN4O/c12-11-13-5-7-6-14-16(10(7)15-11)8-2-1-3-9(17)4-8/h5-6,8-9,17H,1-4H2/t8-,9-/m0/s1. The van der Waals surface area contributed by atoms with Crippen LogP contribution in [0, 0.1) is 0 Å². The van der Waals surface area contributed by atoms with E-state index in [1.807, 2.05) is 4.68 Å². The maximum absolute atomic E-state index is 9.71. The Morgan fingerprint density at radius 2 is 2.24 bits per heavy atom. The van der Waals surface area contributed by atoms with Crippen molar-refractivity contribution in [1.29, 1.82) is 0 Å². The minimum atomic E-state index is -0.231. The molecule has 2 heterocycles. The van der Waals surface area contributed by atoms with E-state index in [0.717, 1.165) is 36.7 Å². The van der Waals surface area contributed by atoms with Crippen molar-refractivity contribution >= 4 is 22.6 Å². The molecule has 0 aromatic carbocycles. The molecule has 0 amide bonds. The van der Waals surface area contributed by atoms with Crippen LogP contribution in [-0.4, -0.2) is 31.0 Å². The zero-order valence-electron chi connectivity index (χ0n) is 9.25. The molecule has 2 aromatic rings. The van der Waals surface area contributed by atoms with E-state index in [1.54, 1.807) is 12.4 Å². The average molecular weight is 253 g/mol. The molecule has 90 valence electrons. The van der Waals surface area contributed by atoms with Gasteiger partial charge in [0.05, 0.1) is 23.7 Å². The van der Waals surface area contributed by atoms with Crippen molar-refractivity contribution in [3.05, 3.63) is 17.7 Å². The van der Waals surface area contributed by atoms with E-state index in [-0.39, 0.29) is 17.4 Å². The lowest BCUT2D eigenvalue weighted by Gasteiger charge is -2.26. The summed E-state index contributed by atoms with van der Waals surface area (Å²) in [5.41, 5.74) is 0.754. The summed E-state index contributed by atoms with van der Waals surface area (Å²) in [6.07, 6.45) is 6.84. The van der Waals surface area contributed by atoms with E-state index >= 15 is 0 Å². The van der Waals surface area contributed by atoms with Crippen molar-refractivity contribution in [2.24, 2.45) is 0 Å². The zero-order valence-corrected chi connectivity index (χ0v) is 10.0. The quantitative estimate of drug-likeness (QED) is 0.788. The maximum atomic E-state index is 9.71. The maximum Gasteiger partial charge on any atom is 0.224 e. The Balaban J connectivity index is 2.01. The second-order valence-corrected chi connectivity index (χ2v) is 4.82. The predicted octanol–water partition coefficient (Wildman–Crippen LogP) is 1.96. The molecule has 1 saturated carbocycles. The van der Waals surface area contributed by atoms with Crippen molar-refractivity contribution in [3.8, 4) is 0 Å². The van der Waals surface area contributed by atoms with Gasteiger partial charge in [0, 0.05) is 6.20 Å². The summed E-state index contributed by atoms with van der Waals surface area (Å²) < 4.78 is 1.87. The van der Waals surface area contributed by atoms with E-state index in [9.17, 15) is 5.11 Å². The van der Waals surface area contributed by atoms with E-state index in [1.165, 1.54) is 0 Å². The molecular formula is C11H13ClN4O. The Hall–Kier alpha value is -1.20. The summed E-state index contributed by atoms with van der Waals surface area (Å²) in [4.78, 5) is 8.14. The Bertz CT molecular complexity index is 541. The van der Waals surface area contributed by atoms with Crippen LogP contribution in [0.2, 0.25) is 5.28 Å². The third kappa shape index (κ3) is 2.00. The fraction of sp³-hybridized carbons (Fsp3) is 0.545. The van der Waals surface area contributed by atoms with Gasteiger partial charge in [-0.15, -0.1) is 0 Å². The number of aromatic nitrogens is 4. The van der Waals surface area contributed by atoms with Crippen molar-refractivity contribution in [2.45, 2.75) is 37.8 Å². The van der Waals surface area contributed by atoms with Crippen LogP contribution in [0.4, 0.5) is 0 Å². The third-order valence-corrected chi connectivity index (χ3v) is 3.45. The van der Waals surface area contributed by atoms with Crippen LogP contribution in [0.5, 0.6) is 0 Å². The number of hydrogen-bond acceptors (Lipinski definition) is 4. The summed E-state index contributed by atoms with van der Waals surface area (Å²) in [5.74, 6) is 0. The molecule has 2 aromatic heterocycles. The topological polar surface area (TPSA) is 63.8 Å². The smallest absolute Gasteiger partial charge is 0.224 e. The first-order valence-electron chi connectivity index (χ1n) is 5.78. The van der Waals surface area contributed by atoms with Gasteiger partial charge in [-0.25, -0.2) is 9.67 Å². The van der Waals surface area contributed by atoms with Crippen LogP contribution < -0.4 is 0 Å². The molecule has 5 nitrogen and oxygen atoms in total. The van der Waals surface area contributed by atoms with Crippen LogP contribution in [-0.2, 0) is 0 Å². The summed E-state index contributed by atoms with van der Waals surface area (Å²) in [5, 5.41) is 15.2. The Morgan fingerprint density at radius 1 is 1.35 bits per heavy atom. The van der Waals surface area contributed by atoms with Crippen LogP contribution in [0.15, 0.2) is 12.4 Å². The molecule has 0 saturated heterocycles. The van der Waals surface area contributed by atoms with Gasteiger partial charge in [0.15, 0.2) is 5.65 Å². The molecule has 0 unspecified atom stereocenters. The van der Waals surface area contributed by atoms with Gasteiger partial charge in [-0.3, -0.25) is 0 Å². The molecule has 0 aliphatic heterocycles. The van der Waals surface area contributed by atoms with E-state index in [2.05, 4.69) is 15.1 Å². The fourth-order valence-electron chi connectivity index (χ4n) is 2.44. The van der Waals surface area contributed by atoms with Gasteiger partial charge in [0.2, 0.25) is 5.28 Å². The highest BCUT2D eigenvalue weighted by Gasteiger charge is 2.23. The first-order valence-corrected chi connectivity index (χ1v) is 6.15. The highest BCUT2D eigenvalue weighted by Crippen LogP contribution is 2.30. The molecule has 0 bridgehead atoms. The average Bonchev–Trinajstić information content (AvgIpc) is 2.71. The van der Waals surface area contributed by atoms with Crippen LogP contribution in [0.25, 0.3) is 11.0 Å². The fourth-order valence-corrected chi connectivity index (χ4v) is 2.57. The van der Waals surface area contributed by atoms with E-state index in [0.29, 0.717) is 0 Å². The molecule has 3 rings (SSSR count). The van der Waals surface area contributed by atoms with Gasteiger partial charge < -0.3 is 5.11 Å². The largest absolute Gasteiger partial charge is 0.393 e. The molecule has 0 radical (unpaired) electrons. The SMILES string of the molecule is O[C@H]1CCC[C@H](n2ncc3cnc(Cl)nc32)C1. The monoisotopic (exact) mass is 252 g/mol. The lowest BCUT2D eigenvalue weighted by atomic mass is 9.93. The van der Waals surface area contributed by atoms with Gasteiger partial charge in [-0.1, -0.05) is 0 Å². The normalized spacial score (nSPS) is 25.3. The summed E-state index contributed by atoms with van der Waals surface area (Å²) in [7, 11) is 0. The van der Waals surface area contributed by atoms with Crippen molar-refractivity contribution < 1.29 is 5.11 Å². The lowest BCUT2D eigenvalue weighted by Crippen LogP contribution is -2.23. The first kappa shape index (κ1) is 10.9. The van der Waals surface area contributed by atoms with E-state index in [4.69, 9.17) is 11.6 Å². The van der Waals surface area contributed by atoms with Crippen LogP contribution >= 0.6 is 11.6 Å². The molecule has 1 N–H and O–H groups in total. The van der Waals surface area contributed by atoms with Gasteiger partial charge in [-0.05, 0) is 37.3 Å². The Labute approximate surface area is 103 Å². The van der Waals surface area contributed by atoms with Gasteiger partial charge >= 0.3 is 0 Å². The molecule has 1 aliphatic rings. The first-order chi connectivity index (χ1) is 8.24. The number of rotatable bonds is 1. The van der Waals surface area contributed by atoms with Crippen molar-refractivity contribution in [1.82, 2.24) is 19.7 Å². The highest BCUT2D eigenvalue weighted by molar-refractivity contribution is 6.28. The highest BCUT2D eigenvalue weighted by atomic mass is 35.5. The molecule has 1 aliphatic carbocycles. The number of aliphatic hydroxyl groups is 1. The third-order valence-electron chi connectivity index (χ3n) is 3.27. The van der Waals surface area contributed by atoms with Gasteiger partial charge in [0.1, 0.15) is 0 Å². The number of hydrogen-bond donors (Lipinski definition) is 1. The Morgan fingerprint density at radius 3 is 3.06 bits per heavy atom. The number of fused-ring (bicyclic) bond motifs is 1. The number of nitrogens with zero attached hydrogens (tertiary/aromatic N) is 4. The van der Waals surface area contributed by atoms with Crippen molar-refractivity contribution in [3.63, 3.8) is 0 Å². The van der Waals surface area contributed by atoms with Gasteiger partial charge in [0.25, 0.3) is 0 Å². The summed E-state index contributed by atoms with van der Waals surface area (Å²) in [6, 6.07) is 0.210. The molecular weight excluding hydrogens is 240 g/mol. The second kappa shape index (κ2) is 4.23. The minimum Gasteiger partial charge on any atom is -0.393 e. The van der Waals surface area contributed by atoms with E-state index < -0.39 is 0 Å². The zero-order chi connectivity index (χ0) is 11.8. The molecule has 17 heavy (non-hydrogen) atoms.